The van der Waals surface area contributed by atoms with Crippen molar-refractivity contribution in [1.29, 1.82) is 0 Å². The van der Waals surface area contributed by atoms with Crippen molar-refractivity contribution in [2.45, 2.75) is 0 Å². The second kappa shape index (κ2) is 5.04. The topological polar surface area (TPSA) is 17.1 Å². The molecule has 9 heavy (non-hydrogen) atoms. The van der Waals surface area contributed by atoms with Crippen molar-refractivity contribution in [3.8, 4) is 0 Å². The monoisotopic (exact) mass is 382 g/mol. The summed E-state index contributed by atoms with van der Waals surface area (Å²) >= 11 is 12.3. The molecule has 0 atom stereocenters. The van der Waals surface area contributed by atoms with Gasteiger partial charge in [0.15, 0.2) is 5.78 Å². The fourth-order valence-corrected chi connectivity index (χ4v) is 1.40. The predicted molar refractivity (Wildman–Crippen MR) is 52.6 cm³/mol. The van der Waals surface area contributed by atoms with Gasteiger partial charge >= 0.3 is 0 Å². The van der Waals surface area contributed by atoms with Gasteiger partial charge in [0, 0.05) is 0 Å². The number of allylic oxidation sites excluding steroid dienone is 1. The number of carbonyl (C=O) groups excluding carboxylic acids is 1. The summed E-state index contributed by atoms with van der Waals surface area (Å²) in [5.74, 6) is -0.00116. The molecule has 0 heterocycles. The highest BCUT2D eigenvalue weighted by Crippen LogP contribution is 2.24. The molecule has 0 aliphatic carbocycles. The molecule has 52 valence electrons. The Balaban J connectivity index is 4.21. The van der Waals surface area contributed by atoms with Crippen LogP contribution in [-0.2, 0) is 4.79 Å². The number of rotatable bonds is 2. The molecule has 0 N–H and O–H groups in total. The summed E-state index contributed by atoms with van der Waals surface area (Å²) in [6.07, 6.45) is 0. The maximum absolute atomic E-state index is 10.7. The summed E-state index contributed by atoms with van der Waals surface area (Å²) in [5.41, 5.74) is 0. The lowest BCUT2D eigenvalue weighted by molar-refractivity contribution is -0.112. The molecule has 0 unspecified atom stereocenters. The summed E-state index contributed by atoms with van der Waals surface area (Å²) in [6, 6.07) is 0. The third-order valence-electron chi connectivity index (χ3n) is 0.532. The van der Waals surface area contributed by atoms with E-state index in [0.29, 0.717) is 13.2 Å². The van der Waals surface area contributed by atoms with Crippen molar-refractivity contribution in [2.75, 3.05) is 5.33 Å². The van der Waals surface area contributed by atoms with Crippen molar-refractivity contribution >= 4 is 69.5 Å². The molecule has 0 spiro atoms. The molecule has 0 rings (SSSR count). The van der Waals surface area contributed by atoms with E-state index in [1.54, 1.807) is 0 Å². The Morgan fingerprint density at radius 3 is 1.78 bits per heavy atom. The summed E-state index contributed by atoms with van der Waals surface area (Å²) in [5, 5.41) is 0.328. The van der Waals surface area contributed by atoms with Gasteiger partial charge in [-0.1, -0.05) is 15.9 Å². The second-order valence-corrected chi connectivity index (χ2v) is 5.14. The van der Waals surface area contributed by atoms with Gasteiger partial charge in [-0.25, -0.2) is 0 Å². The van der Waals surface area contributed by atoms with Gasteiger partial charge < -0.3 is 0 Å². The summed E-state index contributed by atoms with van der Waals surface area (Å²) in [6.45, 7) is 0. The zero-order valence-electron chi connectivity index (χ0n) is 4.13. The summed E-state index contributed by atoms with van der Waals surface area (Å²) in [7, 11) is 0. The highest BCUT2D eigenvalue weighted by Gasteiger charge is 2.06. The molecule has 0 bridgehead atoms. The molecule has 0 saturated heterocycles. The van der Waals surface area contributed by atoms with Crippen LogP contribution in [0.3, 0.4) is 0 Å². The fourth-order valence-electron chi connectivity index (χ4n) is 0.164. The molecular formula is C4H2Br4O. The summed E-state index contributed by atoms with van der Waals surface area (Å²) < 4.78 is 1.15. The molecule has 0 aromatic rings. The number of carbonyl (C=O) groups is 1. The minimum atomic E-state index is -0.00116. The largest absolute Gasteiger partial charge is 0.293 e. The van der Waals surface area contributed by atoms with E-state index in [2.05, 4.69) is 63.7 Å². The number of hydrogen-bond donors (Lipinski definition) is 0. The second-order valence-electron chi connectivity index (χ2n) is 1.13. The van der Waals surface area contributed by atoms with Crippen molar-refractivity contribution in [3.05, 3.63) is 7.87 Å². The minimum absolute atomic E-state index is 0.00116. The minimum Gasteiger partial charge on any atom is -0.293 e. The first kappa shape index (κ1) is 10.3. The van der Waals surface area contributed by atoms with Gasteiger partial charge in [-0.15, -0.1) is 0 Å². The number of ketones is 1. The van der Waals surface area contributed by atoms with E-state index in [-0.39, 0.29) is 5.78 Å². The van der Waals surface area contributed by atoms with E-state index in [9.17, 15) is 4.79 Å². The van der Waals surface area contributed by atoms with E-state index in [1.165, 1.54) is 0 Å². The lowest BCUT2D eigenvalue weighted by Gasteiger charge is -1.91. The third-order valence-corrected chi connectivity index (χ3v) is 3.74. The summed E-state index contributed by atoms with van der Waals surface area (Å²) in [4.78, 5) is 10.7. The lowest BCUT2D eigenvalue weighted by atomic mass is 10.5. The van der Waals surface area contributed by atoms with E-state index in [4.69, 9.17) is 0 Å². The van der Waals surface area contributed by atoms with Gasteiger partial charge in [0.25, 0.3) is 0 Å². The zero-order valence-corrected chi connectivity index (χ0v) is 10.5. The molecule has 0 aromatic heterocycles. The van der Waals surface area contributed by atoms with Gasteiger partial charge in [-0.2, -0.15) is 0 Å². The standard InChI is InChI=1S/C4H2Br4O/c5-1-2(9)3(6)4(7)8/h1H2. The van der Waals surface area contributed by atoms with Gasteiger partial charge in [0.05, 0.1) is 13.2 Å². The number of halogens is 4. The number of hydrogen-bond acceptors (Lipinski definition) is 1. The van der Waals surface area contributed by atoms with Gasteiger partial charge in [-0.3, -0.25) is 4.79 Å². The van der Waals surface area contributed by atoms with E-state index in [1.807, 2.05) is 0 Å². The zero-order chi connectivity index (χ0) is 7.44. The number of alkyl halides is 1. The highest BCUT2D eigenvalue weighted by atomic mass is 79.9. The molecule has 0 radical (unpaired) electrons. The van der Waals surface area contributed by atoms with Crippen LogP contribution in [0.15, 0.2) is 7.87 Å². The fraction of sp³-hybridized carbons (Fsp3) is 0.250. The molecule has 0 amide bonds. The lowest BCUT2D eigenvalue weighted by Crippen LogP contribution is -1.97. The molecule has 5 heteroatoms. The molecule has 0 fully saturated rings. The van der Waals surface area contributed by atoms with Crippen molar-refractivity contribution in [3.63, 3.8) is 0 Å². The first-order valence-corrected chi connectivity index (χ1v) is 5.39. The van der Waals surface area contributed by atoms with Crippen molar-refractivity contribution < 1.29 is 4.79 Å². The third kappa shape index (κ3) is 3.91. The number of Topliss-reactive ketones (excluding diaryl/α,β-unsaturated/α-hetero) is 1. The van der Waals surface area contributed by atoms with Crippen LogP contribution in [0.1, 0.15) is 0 Å². The van der Waals surface area contributed by atoms with Crippen molar-refractivity contribution in [1.82, 2.24) is 0 Å². The molecule has 0 aromatic carbocycles. The Morgan fingerprint density at radius 2 is 1.67 bits per heavy atom. The van der Waals surface area contributed by atoms with Crippen LogP contribution in [0.25, 0.3) is 0 Å². The maximum atomic E-state index is 10.7. The van der Waals surface area contributed by atoms with Gasteiger partial charge in [0.1, 0.15) is 0 Å². The Morgan fingerprint density at radius 1 is 1.22 bits per heavy atom. The van der Waals surface area contributed by atoms with Crippen LogP contribution in [0.5, 0.6) is 0 Å². The van der Waals surface area contributed by atoms with Gasteiger partial charge in [0.2, 0.25) is 0 Å². The van der Waals surface area contributed by atoms with Gasteiger partial charge in [-0.05, 0) is 47.8 Å². The normalized spacial score (nSPS) is 8.89. The predicted octanol–water partition coefficient (Wildman–Crippen LogP) is 3.30. The Bertz CT molecular complexity index is 147. The van der Waals surface area contributed by atoms with Crippen LogP contribution in [0.2, 0.25) is 0 Å². The molecule has 0 saturated carbocycles. The van der Waals surface area contributed by atoms with Crippen molar-refractivity contribution in [2.24, 2.45) is 0 Å². The smallest absolute Gasteiger partial charge is 0.181 e. The molecule has 0 aliphatic heterocycles. The Hall–Kier alpha value is 1.33. The van der Waals surface area contributed by atoms with Crippen LogP contribution >= 0.6 is 63.7 Å². The average molecular weight is 386 g/mol. The van der Waals surface area contributed by atoms with Crippen LogP contribution in [-0.4, -0.2) is 11.1 Å². The first-order valence-electron chi connectivity index (χ1n) is 1.89. The average Bonchev–Trinajstić information content (AvgIpc) is 1.84. The highest BCUT2D eigenvalue weighted by molar-refractivity contribution is 9.29. The van der Waals surface area contributed by atoms with Crippen LogP contribution in [0, 0.1) is 0 Å². The van der Waals surface area contributed by atoms with E-state index < -0.39 is 0 Å². The molecular weight excluding hydrogens is 384 g/mol. The van der Waals surface area contributed by atoms with E-state index >= 15 is 0 Å². The van der Waals surface area contributed by atoms with Crippen LogP contribution < -0.4 is 0 Å². The Kier molecular flexibility index (Phi) is 5.79. The SMILES string of the molecule is O=C(CBr)C(Br)=C(Br)Br. The molecule has 0 aliphatic rings. The van der Waals surface area contributed by atoms with E-state index in [0.717, 1.165) is 0 Å². The first-order chi connectivity index (χ1) is 4.09. The quantitative estimate of drug-likeness (QED) is 0.526. The Labute approximate surface area is 86.8 Å². The molecule has 1 nitrogen and oxygen atoms in total. The van der Waals surface area contributed by atoms with Crippen LogP contribution in [0.4, 0.5) is 0 Å². The maximum Gasteiger partial charge on any atom is 0.181 e.